The Hall–Kier alpha value is -2.31. The summed E-state index contributed by atoms with van der Waals surface area (Å²) < 4.78 is 10.9. The predicted octanol–water partition coefficient (Wildman–Crippen LogP) is 3.78. The number of rotatable bonds is 7. The zero-order chi connectivity index (χ0) is 19.1. The van der Waals surface area contributed by atoms with Crippen LogP contribution >= 0.6 is 11.8 Å². The Morgan fingerprint density at radius 1 is 1.15 bits per heavy atom. The van der Waals surface area contributed by atoms with Gasteiger partial charge in [0.2, 0.25) is 0 Å². The Bertz CT molecular complexity index is 775. The topological polar surface area (TPSA) is 55.8 Å². The van der Waals surface area contributed by atoms with Crippen molar-refractivity contribution in [3.05, 3.63) is 60.2 Å². The van der Waals surface area contributed by atoms with Gasteiger partial charge in [-0.1, -0.05) is 30.3 Å². The Balaban J connectivity index is 1.56. The van der Waals surface area contributed by atoms with Gasteiger partial charge in [0.1, 0.15) is 0 Å². The van der Waals surface area contributed by atoms with Crippen molar-refractivity contribution in [1.29, 1.82) is 0 Å². The molecule has 27 heavy (non-hydrogen) atoms. The van der Waals surface area contributed by atoms with Crippen LogP contribution in [0.2, 0.25) is 0 Å². The first-order chi connectivity index (χ1) is 13.1. The van der Waals surface area contributed by atoms with Crippen LogP contribution in [-0.2, 0) is 14.3 Å². The number of carbonyl (C=O) groups excluding carboxylic acids is 2. The first kappa shape index (κ1) is 19.5. The number of hydrogen-bond acceptors (Lipinski definition) is 5. The quantitative estimate of drug-likeness (QED) is 0.536. The van der Waals surface area contributed by atoms with Gasteiger partial charge in [-0.25, -0.2) is 4.79 Å². The van der Waals surface area contributed by atoms with Crippen molar-refractivity contribution < 1.29 is 19.1 Å². The molecule has 1 saturated heterocycles. The fraction of sp³-hybridized carbons (Fsp3) is 0.333. The Labute approximate surface area is 163 Å². The lowest BCUT2D eigenvalue weighted by Gasteiger charge is -2.17. The van der Waals surface area contributed by atoms with E-state index in [1.54, 1.807) is 30.9 Å². The minimum absolute atomic E-state index is 0.236. The summed E-state index contributed by atoms with van der Waals surface area (Å²) in [6, 6.07) is 16.6. The third-order valence-electron chi connectivity index (χ3n) is 4.40. The van der Waals surface area contributed by atoms with Gasteiger partial charge >= 0.3 is 5.97 Å². The van der Waals surface area contributed by atoms with Gasteiger partial charge in [-0.2, -0.15) is 0 Å². The van der Waals surface area contributed by atoms with Crippen molar-refractivity contribution in [2.24, 2.45) is 0 Å². The largest absolute Gasteiger partial charge is 0.452 e. The minimum Gasteiger partial charge on any atom is -0.452 e. The summed E-state index contributed by atoms with van der Waals surface area (Å²) in [6.07, 6.45) is 2.38. The van der Waals surface area contributed by atoms with Gasteiger partial charge in [0, 0.05) is 30.0 Å². The van der Waals surface area contributed by atoms with E-state index in [2.05, 4.69) is 0 Å². The molecule has 2 aromatic rings. The van der Waals surface area contributed by atoms with Crippen LogP contribution in [0.15, 0.2) is 59.5 Å². The van der Waals surface area contributed by atoms with Crippen molar-refractivity contribution in [3.63, 3.8) is 0 Å². The lowest BCUT2D eigenvalue weighted by molar-refractivity contribution is -0.121. The highest BCUT2D eigenvalue weighted by molar-refractivity contribution is 7.99. The summed E-state index contributed by atoms with van der Waals surface area (Å²) in [6.45, 7) is 0.515. The van der Waals surface area contributed by atoms with E-state index in [0.29, 0.717) is 5.56 Å². The molecular formula is C21H23NO4S. The van der Waals surface area contributed by atoms with Crippen LogP contribution in [0.1, 0.15) is 23.2 Å². The summed E-state index contributed by atoms with van der Waals surface area (Å²) in [5.74, 6) is 0.0410. The maximum Gasteiger partial charge on any atom is 0.339 e. The maximum atomic E-state index is 12.5. The number of nitrogens with zero attached hydrogens (tertiary/aromatic N) is 1. The third kappa shape index (κ3) is 5.34. The highest BCUT2D eigenvalue weighted by atomic mass is 32.2. The van der Waals surface area contributed by atoms with Crippen molar-refractivity contribution in [2.75, 3.05) is 30.9 Å². The van der Waals surface area contributed by atoms with E-state index in [4.69, 9.17) is 9.47 Å². The summed E-state index contributed by atoms with van der Waals surface area (Å²) in [5.41, 5.74) is 1.24. The van der Waals surface area contributed by atoms with Crippen LogP contribution in [0.3, 0.4) is 0 Å². The van der Waals surface area contributed by atoms with E-state index in [9.17, 15) is 9.59 Å². The first-order valence-corrected chi connectivity index (χ1v) is 9.96. The van der Waals surface area contributed by atoms with Crippen LogP contribution in [0.25, 0.3) is 0 Å². The van der Waals surface area contributed by atoms with Gasteiger partial charge in [0.05, 0.1) is 11.7 Å². The molecule has 1 aliphatic heterocycles. The number of thioether (sulfide) groups is 1. The number of likely N-dealkylation sites (N-methyl/N-ethyl adjacent to an activating group) is 1. The highest BCUT2D eigenvalue weighted by Crippen LogP contribution is 2.27. The second kappa shape index (κ2) is 9.58. The van der Waals surface area contributed by atoms with Crippen molar-refractivity contribution in [2.45, 2.75) is 23.8 Å². The highest BCUT2D eigenvalue weighted by Gasteiger charge is 2.20. The molecule has 0 aromatic heterocycles. The summed E-state index contributed by atoms with van der Waals surface area (Å²) >= 11 is 1.59. The molecule has 0 aliphatic carbocycles. The molecule has 0 unspecified atom stereocenters. The number of esters is 1. The molecule has 2 aromatic carbocycles. The SMILES string of the molecule is CN(C(=O)COC(=O)c1ccccc1SC[C@H]1CCCO1)c1ccccc1. The molecule has 0 radical (unpaired) electrons. The van der Waals surface area contributed by atoms with E-state index in [0.717, 1.165) is 35.8 Å². The molecule has 5 nitrogen and oxygen atoms in total. The Morgan fingerprint density at radius 3 is 2.63 bits per heavy atom. The predicted molar refractivity (Wildman–Crippen MR) is 106 cm³/mol. The fourth-order valence-corrected chi connectivity index (χ4v) is 3.93. The van der Waals surface area contributed by atoms with Gasteiger partial charge in [-0.3, -0.25) is 4.79 Å². The molecule has 0 spiro atoms. The molecular weight excluding hydrogens is 362 g/mol. The average molecular weight is 385 g/mol. The van der Waals surface area contributed by atoms with E-state index in [-0.39, 0.29) is 18.6 Å². The molecule has 1 fully saturated rings. The molecule has 1 heterocycles. The normalized spacial score (nSPS) is 16.1. The number of amides is 1. The zero-order valence-electron chi connectivity index (χ0n) is 15.3. The third-order valence-corrected chi connectivity index (χ3v) is 5.61. The number of benzene rings is 2. The van der Waals surface area contributed by atoms with Crippen molar-refractivity contribution in [3.8, 4) is 0 Å². The van der Waals surface area contributed by atoms with E-state index >= 15 is 0 Å². The smallest absolute Gasteiger partial charge is 0.339 e. The number of para-hydroxylation sites is 1. The summed E-state index contributed by atoms with van der Waals surface area (Å²) in [7, 11) is 1.66. The van der Waals surface area contributed by atoms with Crippen LogP contribution in [-0.4, -0.2) is 44.0 Å². The van der Waals surface area contributed by atoms with Crippen LogP contribution < -0.4 is 4.90 Å². The van der Waals surface area contributed by atoms with E-state index < -0.39 is 5.97 Å². The second-order valence-electron chi connectivity index (χ2n) is 6.31. The van der Waals surface area contributed by atoms with Gasteiger partial charge in [-0.05, 0) is 37.1 Å². The van der Waals surface area contributed by atoms with Gasteiger partial charge in [0.15, 0.2) is 6.61 Å². The Kier molecular flexibility index (Phi) is 6.90. The molecule has 0 bridgehead atoms. The monoisotopic (exact) mass is 385 g/mol. The average Bonchev–Trinajstić information content (AvgIpc) is 3.24. The second-order valence-corrected chi connectivity index (χ2v) is 7.37. The molecule has 6 heteroatoms. The standard InChI is InChI=1S/C21H23NO4S/c1-22(16-8-3-2-4-9-16)20(23)14-26-21(24)18-11-5-6-12-19(18)27-15-17-10-7-13-25-17/h2-6,8-9,11-12,17H,7,10,13-15H2,1H3/t17-/m1/s1. The van der Waals surface area contributed by atoms with Gasteiger partial charge in [0.25, 0.3) is 5.91 Å². The number of ether oxygens (including phenoxy) is 2. The zero-order valence-corrected chi connectivity index (χ0v) is 16.1. The van der Waals surface area contributed by atoms with Crippen molar-refractivity contribution in [1.82, 2.24) is 0 Å². The molecule has 1 atom stereocenters. The molecule has 0 N–H and O–H groups in total. The molecule has 142 valence electrons. The summed E-state index contributed by atoms with van der Waals surface area (Å²) in [5, 5.41) is 0. The van der Waals surface area contributed by atoms with Crippen LogP contribution in [0.4, 0.5) is 5.69 Å². The fourth-order valence-electron chi connectivity index (χ4n) is 2.82. The van der Waals surface area contributed by atoms with Crippen molar-refractivity contribution >= 4 is 29.3 Å². The minimum atomic E-state index is -0.486. The van der Waals surface area contributed by atoms with Crippen LogP contribution in [0, 0.1) is 0 Å². The lowest BCUT2D eigenvalue weighted by atomic mass is 10.2. The van der Waals surface area contributed by atoms with E-state index in [1.807, 2.05) is 42.5 Å². The number of carbonyl (C=O) groups is 2. The first-order valence-electron chi connectivity index (χ1n) is 8.97. The number of anilines is 1. The summed E-state index contributed by atoms with van der Waals surface area (Å²) in [4.78, 5) is 27.1. The molecule has 1 aliphatic rings. The molecule has 0 saturated carbocycles. The van der Waals surface area contributed by atoms with Crippen LogP contribution in [0.5, 0.6) is 0 Å². The molecule has 3 rings (SSSR count). The van der Waals surface area contributed by atoms with E-state index in [1.165, 1.54) is 4.90 Å². The lowest BCUT2D eigenvalue weighted by Crippen LogP contribution is -2.31. The maximum absolute atomic E-state index is 12.5. The Morgan fingerprint density at radius 2 is 1.89 bits per heavy atom. The van der Waals surface area contributed by atoms with Gasteiger partial charge < -0.3 is 14.4 Å². The number of hydrogen-bond donors (Lipinski definition) is 0. The van der Waals surface area contributed by atoms with Gasteiger partial charge in [-0.15, -0.1) is 11.8 Å². The molecule has 1 amide bonds.